The van der Waals surface area contributed by atoms with Gasteiger partial charge in [-0.2, -0.15) is 33.3 Å². The monoisotopic (exact) mass is 750 g/mol. The van der Waals surface area contributed by atoms with Gasteiger partial charge in [0.25, 0.3) is 0 Å². The lowest BCUT2D eigenvalue weighted by Gasteiger charge is -2.37. The second-order valence-electron chi connectivity index (χ2n) is 12.6. The Labute approximate surface area is 313 Å². The normalized spacial score (nSPS) is 15.0. The Morgan fingerprint density at radius 1 is 0.778 bits per heavy atom. The van der Waals surface area contributed by atoms with Gasteiger partial charge in [-0.15, -0.1) is 0 Å². The van der Waals surface area contributed by atoms with Crippen molar-refractivity contribution < 1.29 is 27.4 Å². The minimum absolute atomic E-state index is 0.0442. The quantitative estimate of drug-likeness (QED) is 0.0831. The molecule has 0 N–H and O–H groups in total. The number of benzene rings is 3. The number of piperazine rings is 1. The van der Waals surface area contributed by atoms with Crippen LogP contribution in [0.1, 0.15) is 57.7 Å². The Balaban J connectivity index is 0.00000276. The first-order valence-electron chi connectivity index (χ1n) is 18.3. The smallest absolute Gasteiger partial charge is 0.416 e. The maximum absolute atomic E-state index is 14.0. The standard InChI is InChI=1S/C37H43F3N8O4.C2H6/c1-4-28(2)48-35(49)46(27-43-48)31-12-10-29(11-13-31)44-20-22-45(23-21-44)30-14-16-32(17-15-30)51-24-7-25-52-36(50-3,26-47-41-18-19-42-47)33-8-5-6-9-34(33)37(38,39)40;1-2/h5-6,8-19,27-28H,4,7,20-26H2,1-3H3;1-2H3. The lowest BCUT2D eigenvalue weighted by atomic mass is 9.98. The summed E-state index contributed by atoms with van der Waals surface area (Å²) in [5.74, 6) is -1.10. The van der Waals surface area contributed by atoms with Crippen LogP contribution in [0, 0.1) is 0 Å². The number of methoxy groups -OCH3 is 1. The molecular weight excluding hydrogens is 701 g/mol. The van der Waals surface area contributed by atoms with Crippen molar-refractivity contribution in [1.29, 1.82) is 0 Å². The fraction of sp³-hybridized carbons (Fsp3) is 0.436. The van der Waals surface area contributed by atoms with Gasteiger partial charge in [0, 0.05) is 56.6 Å². The number of alkyl halides is 3. The Morgan fingerprint density at radius 2 is 1.33 bits per heavy atom. The molecule has 0 spiro atoms. The van der Waals surface area contributed by atoms with Gasteiger partial charge in [-0.25, -0.2) is 14.0 Å². The summed E-state index contributed by atoms with van der Waals surface area (Å²) in [5, 5.41) is 12.4. The molecule has 54 heavy (non-hydrogen) atoms. The van der Waals surface area contributed by atoms with Crippen LogP contribution < -0.4 is 20.2 Å². The van der Waals surface area contributed by atoms with Crippen molar-refractivity contribution in [3.8, 4) is 11.4 Å². The topological polar surface area (TPSA) is 105 Å². The van der Waals surface area contributed by atoms with Crippen LogP contribution in [0.3, 0.4) is 0 Å². The van der Waals surface area contributed by atoms with Crippen molar-refractivity contribution in [2.24, 2.45) is 0 Å². The zero-order chi connectivity index (χ0) is 38.7. The highest BCUT2D eigenvalue weighted by molar-refractivity contribution is 5.54. The largest absolute Gasteiger partial charge is 0.494 e. The minimum atomic E-state index is -4.61. The zero-order valence-corrected chi connectivity index (χ0v) is 31.4. The number of aromatic nitrogens is 6. The molecule has 0 amide bonds. The van der Waals surface area contributed by atoms with Gasteiger partial charge < -0.3 is 24.0 Å². The van der Waals surface area contributed by atoms with E-state index in [4.69, 9.17) is 14.2 Å². The van der Waals surface area contributed by atoms with Crippen molar-refractivity contribution in [3.63, 3.8) is 0 Å². The summed E-state index contributed by atoms with van der Waals surface area (Å²) in [5.41, 5.74) is 1.83. The molecule has 2 unspecified atom stereocenters. The summed E-state index contributed by atoms with van der Waals surface area (Å²) in [4.78, 5) is 18.7. The van der Waals surface area contributed by atoms with Crippen LogP contribution in [0.25, 0.3) is 5.69 Å². The van der Waals surface area contributed by atoms with Gasteiger partial charge >= 0.3 is 11.9 Å². The zero-order valence-electron chi connectivity index (χ0n) is 31.4. The van der Waals surface area contributed by atoms with E-state index in [1.54, 1.807) is 10.9 Å². The van der Waals surface area contributed by atoms with Crippen LogP contribution >= 0.6 is 0 Å². The molecule has 2 aromatic heterocycles. The fourth-order valence-corrected chi connectivity index (χ4v) is 6.27. The highest BCUT2D eigenvalue weighted by Crippen LogP contribution is 2.39. The number of hydrogen-bond acceptors (Lipinski definition) is 9. The van der Waals surface area contributed by atoms with Crippen molar-refractivity contribution in [2.75, 3.05) is 56.3 Å². The second kappa shape index (κ2) is 18.3. The van der Waals surface area contributed by atoms with Crippen LogP contribution in [-0.2, 0) is 28.0 Å². The third-order valence-corrected chi connectivity index (χ3v) is 9.36. The molecule has 0 saturated carbocycles. The van der Waals surface area contributed by atoms with E-state index in [2.05, 4.69) is 25.1 Å². The minimum Gasteiger partial charge on any atom is -0.494 e. The maximum Gasteiger partial charge on any atom is 0.416 e. The van der Waals surface area contributed by atoms with Crippen LogP contribution in [0.2, 0.25) is 0 Å². The van der Waals surface area contributed by atoms with E-state index >= 15 is 0 Å². The highest BCUT2D eigenvalue weighted by Gasteiger charge is 2.43. The fourth-order valence-electron chi connectivity index (χ4n) is 6.27. The molecular formula is C39H49F3N8O4. The molecule has 3 aromatic carbocycles. The predicted octanol–water partition coefficient (Wildman–Crippen LogP) is 6.95. The van der Waals surface area contributed by atoms with Crippen LogP contribution in [-0.4, -0.2) is 75.8 Å². The van der Waals surface area contributed by atoms with Crippen molar-refractivity contribution in [1.82, 2.24) is 29.3 Å². The molecule has 1 aliphatic rings. The molecule has 12 nitrogen and oxygen atoms in total. The Morgan fingerprint density at radius 3 is 1.89 bits per heavy atom. The summed E-state index contributed by atoms with van der Waals surface area (Å²) >= 11 is 0. The van der Waals surface area contributed by atoms with E-state index in [0.717, 1.165) is 55.7 Å². The number of hydrogen-bond donors (Lipinski definition) is 0. The average Bonchev–Trinajstić information content (AvgIpc) is 3.87. The van der Waals surface area contributed by atoms with Gasteiger partial charge in [-0.3, -0.25) is 0 Å². The number of halogens is 3. The van der Waals surface area contributed by atoms with E-state index in [1.165, 1.54) is 47.2 Å². The van der Waals surface area contributed by atoms with E-state index in [-0.39, 0.29) is 37.1 Å². The number of anilines is 2. The Kier molecular flexibility index (Phi) is 13.5. The molecule has 1 aliphatic heterocycles. The lowest BCUT2D eigenvalue weighted by molar-refractivity contribution is -0.247. The molecule has 2 atom stereocenters. The SMILES string of the molecule is CC.CCC(C)n1ncn(-c2ccc(N3CCN(c4ccc(OCCCOC(Cn5nccn5)(OC)c5ccccc5C(F)(F)F)cc4)CC3)cc2)c1=O. The number of ether oxygens (including phenoxy) is 3. The molecule has 0 bridgehead atoms. The molecule has 290 valence electrons. The number of nitrogens with zero attached hydrogens (tertiary/aromatic N) is 8. The molecule has 5 aromatic rings. The van der Waals surface area contributed by atoms with Crippen molar-refractivity contribution in [2.45, 2.75) is 65.1 Å². The highest BCUT2D eigenvalue weighted by atomic mass is 19.4. The molecule has 0 radical (unpaired) electrons. The van der Waals surface area contributed by atoms with Crippen LogP contribution in [0.15, 0.2) is 96.3 Å². The Hall–Kier alpha value is -5.15. The average molecular weight is 751 g/mol. The summed E-state index contributed by atoms with van der Waals surface area (Å²) in [6.07, 6.45) is 1.07. The Bertz CT molecular complexity index is 1920. The maximum atomic E-state index is 14.0. The summed E-state index contributed by atoms with van der Waals surface area (Å²) in [6, 6.07) is 21.1. The predicted molar refractivity (Wildman–Crippen MR) is 201 cm³/mol. The first-order valence-corrected chi connectivity index (χ1v) is 18.3. The molecule has 0 aliphatic carbocycles. The first-order chi connectivity index (χ1) is 26.1. The van der Waals surface area contributed by atoms with Gasteiger partial charge in [0.1, 0.15) is 18.6 Å². The molecule has 1 saturated heterocycles. The molecule has 6 rings (SSSR count). The van der Waals surface area contributed by atoms with E-state index < -0.39 is 17.5 Å². The van der Waals surface area contributed by atoms with E-state index in [0.29, 0.717) is 12.2 Å². The van der Waals surface area contributed by atoms with E-state index in [9.17, 15) is 18.0 Å². The van der Waals surface area contributed by atoms with Crippen molar-refractivity contribution in [3.05, 3.63) is 113 Å². The van der Waals surface area contributed by atoms with Gasteiger partial charge in [0.05, 0.1) is 42.9 Å². The molecule has 15 heteroatoms. The third kappa shape index (κ3) is 9.31. The second-order valence-corrected chi connectivity index (χ2v) is 12.6. The van der Waals surface area contributed by atoms with Gasteiger partial charge in [-0.1, -0.05) is 39.0 Å². The van der Waals surface area contributed by atoms with Gasteiger partial charge in [-0.05, 0) is 67.9 Å². The van der Waals surface area contributed by atoms with Gasteiger partial charge in [0.15, 0.2) is 0 Å². The van der Waals surface area contributed by atoms with E-state index in [1.807, 2.05) is 76.2 Å². The summed E-state index contributed by atoms with van der Waals surface area (Å²) in [6.45, 7) is 11.5. The third-order valence-electron chi connectivity index (χ3n) is 9.36. The van der Waals surface area contributed by atoms with Crippen LogP contribution in [0.4, 0.5) is 24.5 Å². The van der Waals surface area contributed by atoms with Crippen molar-refractivity contribution >= 4 is 11.4 Å². The lowest BCUT2D eigenvalue weighted by Crippen LogP contribution is -2.46. The summed E-state index contributed by atoms with van der Waals surface area (Å²) < 4.78 is 62.7. The van der Waals surface area contributed by atoms with Gasteiger partial charge in [0.2, 0.25) is 5.79 Å². The first kappa shape index (κ1) is 40.0. The number of rotatable bonds is 15. The summed E-state index contributed by atoms with van der Waals surface area (Å²) in [7, 11) is 1.31. The van der Waals surface area contributed by atoms with Crippen LogP contribution in [0.5, 0.6) is 5.75 Å². The molecule has 1 fully saturated rings. The molecule has 3 heterocycles.